The zero-order valence-electron chi connectivity index (χ0n) is 8.74. The van der Waals surface area contributed by atoms with Crippen LogP contribution in [-0.4, -0.2) is 17.4 Å². The van der Waals surface area contributed by atoms with Crippen molar-refractivity contribution in [2.75, 3.05) is 6.54 Å². The van der Waals surface area contributed by atoms with Crippen LogP contribution in [0.3, 0.4) is 0 Å². The second kappa shape index (κ2) is 4.93. The molecule has 0 aliphatic heterocycles. The van der Waals surface area contributed by atoms with Crippen LogP contribution in [-0.2, 0) is 0 Å². The molecule has 5 heteroatoms. The van der Waals surface area contributed by atoms with E-state index in [9.17, 15) is 4.79 Å². The molecule has 1 rings (SSSR count). The number of furan rings is 1. The number of rotatable bonds is 4. The molecule has 4 nitrogen and oxygen atoms in total. The first-order chi connectivity index (χ1) is 7.00. The van der Waals surface area contributed by atoms with Crippen molar-refractivity contribution >= 4 is 23.1 Å². The Morgan fingerprint density at radius 1 is 1.73 bits per heavy atom. The highest BCUT2D eigenvalue weighted by atomic mass is 32.1. The van der Waals surface area contributed by atoms with E-state index >= 15 is 0 Å². The van der Waals surface area contributed by atoms with Gasteiger partial charge >= 0.3 is 0 Å². The molecule has 3 N–H and O–H groups in total. The zero-order valence-corrected chi connectivity index (χ0v) is 9.56. The summed E-state index contributed by atoms with van der Waals surface area (Å²) in [4.78, 5) is 11.9. The summed E-state index contributed by atoms with van der Waals surface area (Å²) >= 11 is 4.80. The second-order valence-corrected chi connectivity index (χ2v) is 3.93. The van der Waals surface area contributed by atoms with E-state index in [2.05, 4.69) is 5.32 Å². The first kappa shape index (κ1) is 11.7. The van der Waals surface area contributed by atoms with Gasteiger partial charge in [0.2, 0.25) is 0 Å². The third-order valence-electron chi connectivity index (χ3n) is 2.05. The summed E-state index contributed by atoms with van der Waals surface area (Å²) in [5.41, 5.74) is 5.94. The van der Waals surface area contributed by atoms with Crippen LogP contribution in [0.1, 0.15) is 23.0 Å². The largest absolute Gasteiger partial charge is 0.469 e. The lowest BCUT2D eigenvalue weighted by molar-refractivity contribution is 0.0950. The summed E-state index contributed by atoms with van der Waals surface area (Å²) in [6, 6.07) is 1.68. The monoisotopic (exact) mass is 226 g/mol. The third-order valence-corrected chi connectivity index (χ3v) is 2.45. The maximum atomic E-state index is 11.5. The molecule has 82 valence electrons. The summed E-state index contributed by atoms with van der Waals surface area (Å²) in [6.07, 6.45) is 1.43. The highest BCUT2D eigenvalue weighted by molar-refractivity contribution is 7.80. The molecule has 1 atom stereocenters. The number of carbonyl (C=O) groups is 1. The van der Waals surface area contributed by atoms with Crippen molar-refractivity contribution in [3.8, 4) is 0 Å². The standard InChI is InChI=1S/C10H14N2O2S/c1-6(9(11)15)4-12-10(13)8-3-7(2)14-5-8/h3,5-6H,4H2,1-2H3,(H2,11,15)(H,12,13). The van der Waals surface area contributed by atoms with Crippen LogP contribution < -0.4 is 11.1 Å². The van der Waals surface area contributed by atoms with Gasteiger partial charge in [0.15, 0.2) is 0 Å². The average Bonchev–Trinajstić information content (AvgIpc) is 2.60. The zero-order chi connectivity index (χ0) is 11.4. The van der Waals surface area contributed by atoms with E-state index < -0.39 is 0 Å². The minimum atomic E-state index is -0.171. The molecule has 0 aliphatic rings. The SMILES string of the molecule is Cc1cc(C(=O)NCC(C)C(N)=S)co1. The third kappa shape index (κ3) is 3.36. The van der Waals surface area contributed by atoms with Crippen LogP contribution >= 0.6 is 12.2 Å². The van der Waals surface area contributed by atoms with Crippen molar-refractivity contribution in [2.24, 2.45) is 11.7 Å². The van der Waals surface area contributed by atoms with Crippen molar-refractivity contribution in [2.45, 2.75) is 13.8 Å². The Morgan fingerprint density at radius 2 is 2.40 bits per heavy atom. The van der Waals surface area contributed by atoms with Crippen molar-refractivity contribution in [1.29, 1.82) is 0 Å². The maximum Gasteiger partial charge on any atom is 0.254 e. The number of nitrogens with two attached hydrogens (primary N) is 1. The Kier molecular flexibility index (Phi) is 3.85. The normalized spacial score (nSPS) is 12.1. The van der Waals surface area contributed by atoms with Crippen LogP contribution in [0.15, 0.2) is 16.7 Å². The van der Waals surface area contributed by atoms with Gasteiger partial charge in [-0.15, -0.1) is 0 Å². The van der Waals surface area contributed by atoms with Crippen molar-refractivity contribution < 1.29 is 9.21 Å². The molecule has 0 aromatic carbocycles. The fraction of sp³-hybridized carbons (Fsp3) is 0.400. The summed E-state index contributed by atoms with van der Waals surface area (Å²) in [7, 11) is 0. The molecular weight excluding hydrogens is 212 g/mol. The Balaban J connectivity index is 2.47. The molecule has 1 aromatic heterocycles. The molecule has 1 unspecified atom stereocenters. The first-order valence-electron chi connectivity index (χ1n) is 4.63. The van der Waals surface area contributed by atoms with Gasteiger partial charge in [0.05, 0.1) is 10.6 Å². The number of thiocarbonyl (C=S) groups is 1. The summed E-state index contributed by atoms with van der Waals surface area (Å²) in [5.74, 6) is 0.537. The topological polar surface area (TPSA) is 68.3 Å². The van der Waals surface area contributed by atoms with Crippen molar-refractivity contribution in [3.05, 3.63) is 23.7 Å². The van der Waals surface area contributed by atoms with Gasteiger partial charge in [0.1, 0.15) is 12.0 Å². The number of amides is 1. The Bertz CT molecular complexity index is 373. The molecule has 0 spiro atoms. The molecule has 1 aromatic rings. The first-order valence-corrected chi connectivity index (χ1v) is 5.04. The lowest BCUT2D eigenvalue weighted by Crippen LogP contribution is -2.33. The van der Waals surface area contributed by atoms with E-state index in [1.807, 2.05) is 6.92 Å². The Morgan fingerprint density at radius 3 is 2.87 bits per heavy atom. The molecule has 1 heterocycles. The van der Waals surface area contributed by atoms with Gasteiger partial charge in [-0.1, -0.05) is 19.1 Å². The van der Waals surface area contributed by atoms with E-state index in [4.69, 9.17) is 22.4 Å². The number of hydrogen-bond acceptors (Lipinski definition) is 3. The lowest BCUT2D eigenvalue weighted by Gasteiger charge is -2.09. The summed E-state index contributed by atoms with van der Waals surface area (Å²) in [6.45, 7) is 4.09. The molecule has 0 bridgehead atoms. The number of carbonyl (C=O) groups excluding carboxylic acids is 1. The molecule has 0 saturated heterocycles. The molecule has 15 heavy (non-hydrogen) atoms. The summed E-state index contributed by atoms with van der Waals surface area (Å²) in [5, 5.41) is 2.73. The highest BCUT2D eigenvalue weighted by Gasteiger charge is 2.10. The van der Waals surface area contributed by atoms with Gasteiger partial charge in [0.25, 0.3) is 5.91 Å². The second-order valence-electron chi connectivity index (χ2n) is 3.46. The van der Waals surface area contributed by atoms with Crippen molar-refractivity contribution in [1.82, 2.24) is 5.32 Å². The van der Waals surface area contributed by atoms with Crippen LogP contribution in [0.5, 0.6) is 0 Å². The van der Waals surface area contributed by atoms with Crippen LogP contribution in [0.4, 0.5) is 0 Å². The fourth-order valence-corrected chi connectivity index (χ4v) is 1.09. The van der Waals surface area contributed by atoms with Crippen LogP contribution in [0.2, 0.25) is 0 Å². The number of hydrogen-bond donors (Lipinski definition) is 2. The predicted octanol–water partition coefficient (Wildman–Crippen LogP) is 1.24. The van der Waals surface area contributed by atoms with Gasteiger partial charge in [0, 0.05) is 12.5 Å². The molecule has 1 amide bonds. The van der Waals surface area contributed by atoms with E-state index in [1.54, 1.807) is 13.0 Å². The molecule has 0 radical (unpaired) electrons. The fourth-order valence-electron chi connectivity index (χ4n) is 1.01. The quantitative estimate of drug-likeness (QED) is 0.758. The van der Waals surface area contributed by atoms with Crippen LogP contribution in [0, 0.1) is 12.8 Å². The van der Waals surface area contributed by atoms with Gasteiger partial charge < -0.3 is 15.5 Å². The smallest absolute Gasteiger partial charge is 0.254 e. The molecule has 0 aliphatic carbocycles. The van der Waals surface area contributed by atoms with E-state index in [-0.39, 0.29) is 11.8 Å². The van der Waals surface area contributed by atoms with Crippen LogP contribution in [0.25, 0.3) is 0 Å². The molecule has 0 fully saturated rings. The highest BCUT2D eigenvalue weighted by Crippen LogP contribution is 2.05. The van der Waals surface area contributed by atoms with E-state index in [0.717, 1.165) is 0 Å². The maximum absolute atomic E-state index is 11.5. The average molecular weight is 226 g/mol. The minimum Gasteiger partial charge on any atom is -0.469 e. The van der Waals surface area contributed by atoms with Gasteiger partial charge in [-0.05, 0) is 13.0 Å². The Hall–Kier alpha value is -1.36. The molecular formula is C10H14N2O2S. The van der Waals surface area contributed by atoms with E-state index in [0.29, 0.717) is 22.9 Å². The molecule has 0 saturated carbocycles. The predicted molar refractivity (Wildman–Crippen MR) is 61.7 cm³/mol. The van der Waals surface area contributed by atoms with Crippen molar-refractivity contribution in [3.63, 3.8) is 0 Å². The minimum absolute atomic E-state index is 0.00283. The number of aryl methyl sites for hydroxylation is 1. The van der Waals surface area contributed by atoms with E-state index in [1.165, 1.54) is 6.26 Å². The van der Waals surface area contributed by atoms with Gasteiger partial charge in [-0.3, -0.25) is 4.79 Å². The summed E-state index contributed by atoms with van der Waals surface area (Å²) < 4.78 is 5.03. The number of nitrogens with one attached hydrogen (secondary N) is 1. The van der Waals surface area contributed by atoms with Gasteiger partial charge in [-0.2, -0.15) is 0 Å². The van der Waals surface area contributed by atoms with Gasteiger partial charge in [-0.25, -0.2) is 0 Å². The lowest BCUT2D eigenvalue weighted by atomic mass is 10.2. The Labute approximate surface area is 93.8 Å².